The number of unbranched alkanes of at least 4 members (excludes halogenated alkanes) is 4. The van der Waals surface area contributed by atoms with Crippen LogP contribution in [-0.4, -0.2) is 65.9 Å². The molecule has 2 aromatic carbocycles. The highest BCUT2D eigenvalue weighted by molar-refractivity contribution is 6.00. The fourth-order valence-corrected chi connectivity index (χ4v) is 6.23. The fraction of sp³-hybridized carbons (Fsp3) is 0.579. The predicted molar refractivity (Wildman–Crippen MR) is 192 cm³/mol. The molecule has 0 saturated carbocycles. The highest BCUT2D eigenvalue weighted by Gasteiger charge is 2.31. The zero-order valence-corrected chi connectivity index (χ0v) is 29.5. The predicted octanol–water partition coefficient (Wildman–Crippen LogP) is 3.98. The van der Waals surface area contributed by atoms with E-state index in [2.05, 4.69) is 29.6 Å². The summed E-state index contributed by atoms with van der Waals surface area (Å²) < 4.78 is 20.5. The number of primary amides is 1. The number of imide groups is 1. The number of piperidine rings is 1. The van der Waals surface area contributed by atoms with Crippen molar-refractivity contribution in [3.05, 3.63) is 69.6 Å². The van der Waals surface area contributed by atoms with E-state index in [4.69, 9.17) is 25.7 Å². The number of amides is 3. The molecule has 12 nitrogen and oxygen atoms in total. The molecule has 0 aliphatic carbocycles. The monoisotopic (exact) mass is 693 g/mol. The van der Waals surface area contributed by atoms with Crippen molar-refractivity contribution < 1.29 is 28.6 Å². The number of nitrogens with zero attached hydrogens (tertiary/aromatic N) is 2. The molecule has 1 aliphatic rings. The van der Waals surface area contributed by atoms with Crippen LogP contribution in [0, 0.1) is 0 Å². The van der Waals surface area contributed by atoms with Crippen LogP contribution in [0.1, 0.15) is 93.4 Å². The van der Waals surface area contributed by atoms with Crippen molar-refractivity contribution in [1.82, 2.24) is 14.5 Å². The summed E-state index contributed by atoms with van der Waals surface area (Å²) in [6.45, 7) is 3.93. The average molecular weight is 694 g/mol. The highest BCUT2D eigenvalue weighted by atomic mass is 16.5. The van der Waals surface area contributed by atoms with E-state index in [0.717, 1.165) is 87.8 Å². The van der Waals surface area contributed by atoms with Gasteiger partial charge >= 0.3 is 5.69 Å². The molecular formula is C38H55N5O7. The summed E-state index contributed by atoms with van der Waals surface area (Å²) in [6, 6.07) is 13.5. The van der Waals surface area contributed by atoms with Crippen LogP contribution in [0.5, 0.6) is 0 Å². The molecule has 12 heteroatoms. The lowest BCUT2D eigenvalue weighted by molar-refractivity contribution is -0.135. The number of aromatic nitrogens is 2. The molecule has 3 amide bonds. The molecule has 0 bridgehead atoms. The molecule has 3 aromatic rings. The minimum absolute atomic E-state index is 0.182. The van der Waals surface area contributed by atoms with Crippen molar-refractivity contribution in [3.8, 4) is 0 Å². The van der Waals surface area contributed by atoms with E-state index in [-0.39, 0.29) is 36.4 Å². The molecule has 0 radical (unpaired) electrons. The second kappa shape index (κ2) is 20.7. The van der Waals surface area contributed by atoms with Gasteiger partial charge < -0.3 is 25.7 Å². The van der Waals surface area contributed by atoms with Crippen molar-refractivity contribution in [1.29, 1.82) is 0 Å². The third-order valence-electron chi connectivity index (χ3n) is 9.15. The number of hydrogen-bond acceptors (Lipinski definition) is 8. The van der Waals surface area contributed by atoms with Gasteiger partial charge in [-0.1, -0.05) is 49.6 Å². The zero-order valence-electron chi connectivity index (χ0n) is 29.5. The molecule has 274 valence electrons. The van der Waals surface area contributed by atoms with Crippen molar-refractivity contribution >= 4 is 28.8 Å². The number of imidazole rings is 1. The fourth-order valence-electron chi connectivity index (χ4n) is 6.23. The quantitative estimate of drug-likeness (QED) is 0.0935. The Morgan fingerprint density at radius 1 is 0.820 bits per heavy atom. The number of hydrogen-bond donors (Lipinski definition) is 3. The minimum atomic E-state index is -0.670. The van der Waals surface area contributed by atoms with E-state index >= 15 is 0 Å². The number of fused-ring (bicyclic) bond motifs is 1. The number of benzene rings is 2. The number of rotatable bonds is 24. The third-order valence-corrected chi connectivity index (χ3v) is 9.15. The Hall–Kier alpha value is -3.84. The van der Waals surface area contributed by atoms with E-state index < -0.39 is 11.9 Å². The van der Waals surface area contributed by atoms with Crippen LogP contribution in [0.3, 0.4) is 0 Å². The average Bonchev–Trinajstić information content (AvgIpc) is 3.34. The number of aryl methyl sites for hydroxylation is 3. The maximum atomic E-state index is 13.0. The lowest BCUT2D eigenvalue weighted by Crippen LogP contribution is -2.44. The molecular weight excluding hydrogens is 638 g/mol. The topological polar surface area (TPSA) is 170 Å². The summed E-state index contributed by atoms with van der Waals surface area (Å²) in [6.07, 6.45) is 10.7. The Labute approximate surface area is 294 Å². The van der Waals surface area contributed by atoms with Gasteiger partial charge in [-0.2, -0.15) is 0 Å². The van der Waals surface area contributed by atoms with Gasteiger partial charge in [0, 0.05) is 52.4 Å². The Bertz CT molecular complexity index is 1580. The summed E-state index contributed by atoms with van der Waals surface area (Å²) in [4.78, 5) is 47.7. The summed E-state index contributed by atoms with van der Waals surface area (Å²) in [5.74, 6) is -1.05. The summed E-state index contributed by atoms with van der Waals surface area (Å²) in [5.41, 5.74) is 15.8. The smallest absolute Gasteiger partial charge is 0.329 e. The molecule has 50 heavy (non-hydrogen) atoms. The van der Waals surface area contributed by atoms with Gasteiger partial charge in [0.15, 0.2) is 0 Å². The van der Waals surface area contributed by atoms with Gasteiger partial charge in [0.1, 0.15) is 6.04 Å². The van der Waals surface area contributed by atoms with Gasteiger partial charge in [-0.3, -0.25) is 28.8 Å². The second-order valence-corrected chi connectivity index (χ2v) is 13.3. The maximum absolute atomic E-state index is 13.0. The number of carbonyl (C=O) groups excluding carboxylic acids is 3. The molecule has 1 fully saturated rings. The SMILES string of the molecule is Cn1c(=O)n(C2CCC(=O)NC2=O)c2ccc(CCCOCCCCCCCOCCCc3ccc(COC[C@@H](N)CCC(N)=O)cc3)cc21. The second-order valence-electron chi connectivity index (χ2n) is 13.3. The van der Waals surface area contributed by atoms with Crippen molar-refractivity contribution in [2.24, 2.45) is 18.5 Å². The van der Waals surface area contributed by atoms with Crippen LogP contribution >= 0.6 is 0 Å². The molecule has 4 rings (SSSR count). The minimum Gasteiger partial charge on any atom is -0.381 e. The lowest BCUT2D eigenvalue weighted by Gasteiger charge is -2.21. The Morgan fingerprint density at radius 2 is 1.42 bits per heavy atom. The number of nitrogens with one attached hydrogen (secondary N) is 1. The van der Waals surface area contributed by atoms with Crippen LogP contribution in [0.15, 0.2) is 47.3 Å². The Balaban J connectivity index is 0.968. The van der Waals surface area contributed by atoms with Gasteiger partial charge in [-0.05, 0) is 80.2 Å². The summed E-state index contributed by atoms with van der Waals surface area (Å²) >= 11 is 0. The largest absolute Gasteiger partial charge is 0.381 e. The number of nitrogens with two attached hydrogens (primary N) is 2. The van der Waals surface area contributed by atoms with Crippen LogP contribution in [0.2, 0.25) is 0 Å². The number of carbonyl (C=O) groups is 3. The molecule has 1 aromatic heterocycles. The molecule has 2 heterocycles. The van der Waals surface area contributed by atoms with E-state index in [1.807, 2.05) is 18.2 Å². The molecule has 1 saturated heterocycles. The van der Waals surface area contributed by atoms with E-state index in [9.17, 15) is 19.2 Å². The molecule has 1 unspecified atom stereocenters. The molecule has 0 spiro atoms. The maximum Gasteiger partial charge on any atom is 0.329 e. The van der Waals surface area contributed by atoms with Crippen LogP contribution in [0.25, 0.3) is 11.0 Å². The Morgan fingerprint density at radius 3 is 2.08 bits per heavy atom. The summed E-state index contributed by atoms with van der Waals surface area (Å²) in [7, 11) is 1.72. The van der Waals surface area contributed by atoms with Gasteiger partial charge in [-0.25, -0.2) is 4.79 Å². The normalized spacial score (nSPS) is 15.4. The lowest BCUT2D eigenvalue weighted by atomic mass is 10.1. The summed E-state index contributed by atoms with van der Waals surface area (Å²) in [5, 5.41) is 2.35. The molecule has 1 aliphatic heterocycles. The van der Waals surface area contributed by atoms with Crippen LogP contribution in [0.4, 0.5) is 0 Å². The number of ether oxygens (including phenoxy) is 3. The first-order chi connectivity index (χ1) is 24.2. The third kappa shape index (κ3) is 12.5. The first-order valence-corrected chi connectivity index (χ1v) is 18.1. The first-order valence-electron chi connectivity index (χ1n) is 18.1. The standard InChI is InChI=1S/C38H55N5O7/c1-42-34-25-29(15-17-32(34)43(38(42)47)33-18-20-36(45)41-37(33)46)10-8-24-49-22-6-4-2-3-5-21-48-23-7-9-28-11-13-30(14-12-28)26-50-27-31(39)16-19-35(40)44/h11-15,17,25,31,33H,2-10,16,18-24,26-27,39H2,1H3,(H2,40,44)(H,41,45,46)/t31-,33?/m0/s1. The Kier molecular flexibility index (Phi) is 16.2. The van der Waals surface area contributed by atoms with Gasteiger partial charge in [-0.15, -0.1) is 0 Å². The molecule has 5 N–H and O–H groups in total. The van der Waals surface area contributed by atoms with E-state index in [1.165, 1.54) is 16.6 Å². The van der Waals surface area contributed by atoms with E-state index in [1.54, 1.807) is 11.6 Å². The first kappa shape index (κ1) is 39.0. The van der Waals surface area contributed by atoms with Crippen molar-refractivity contribution in [3.63, 3.8) is 0 Å². The van der Waals surface area contributed by atoms with E-state index in [0.29, 0.717) is 38.2 Å². The van der Waals surface area contributed by atoms with Crippen LogP contribution in [-0.2, 0) is 55.1 Å². The van der Waals surface area contributed by atoms with Crippen molar-refractivity contribution in [2.45, 2.75) is 102 Å². The van der Waals surface area contributed by atoms with Gasteiger partial charge in [0.05, 0.1) is 24.2 Å². The van der Waals surface area contributed by atoms with Gasteiger partial charge in [0.25, 0.3) is 0 Å². The van der Waals surface area contributed by atoms with Crippen molar-refractivity contribution in [2.75, 3.05) is 33.0 Å². The zero-order chi connectivity index (χ0) is 35.7. The highest BCUT2D eigenvalue weighted by Crippen LogP contribution is 2.24. The van der Waals surface area contributed by atoms with Crippen LogP contribution < -0.4 is 22.5 Å². The molecule has 2 atom stereocenters. The van der Waals surface area contributed by atoms with Gasteiger partial charge in [0.2, 0.25) is 17.7 Å².